The summed E-state index contributed by atoms with van der Waals surface area (Å²) in [5.41, 5.74) is 0.347. The SMILES string of the molecule is CCC(C)CC(C)Nc1cnc(C#N)cn1. The second kappa shape index (κ2) is 6.06. The van der Waals surface area contributed by atoms with E-state index in [9.17, 15) is 0 Å². The van der Waals surface area contributed by atoms with Crippen LogP contribution in [0.25, 0.3) is 0 Å². The van der Waals surface area contributed by atoms with Gasteiger partial charge in [0.2, 0.25) is 0 Å². The third kappa shape index (κ3) is 3.85. The van der Waals surface area contributed by atoms with Gasteiger partial charge in [0.1, 0.15) is 11.9 Å². The van der Waals surface area contributed by atoms with Crippen molar-refractivity contribution < 1.29 is 0 Å². The summed E-state index contributed by atoms with van der Waals surface area (Å²) in [6, 6.07) is 2.32. The van der Waals surface area contributed by atoms with E-state index >= 15 is 0 Å². The molecule has 0 bridgehead atoms. The van der Waals surface area contributed by atoms with Crippen LogP contribution in [0.2, 0.25) is 0 Å². The molecule has 0 fully saturated rings. The van der Waals surface area contributed by atoms with Crippen molar-refractivity contribution in [2.24, 2.45) is 5.92 Å². The van der Waals surface area contributed by atoms with Gasteiger partial charge in [0.05, 0.1) is 12.4 Å². The van der Waals surface area contributed by atoms with E-state index in [-0.39, 0.29) is 0 Å². The molecule has 1 aromatic rings. The summed E-state index contributed by atoms with van der Waals surface area (Å²) in [5, 5.41) is 11.9. The lowest BCUT2D eigenvalue weighted by Crippen LogP contribution is -2.19. The monoisotopic (exact) mass is 218 g/mol. The first-order valence-corrected chi connectivity index (χ1v) is 5.64. The van der Waals surface area contributed by atoms with Crippen molar-refractivity contribution in [2.75, 3.05) is 5.32 Å². The minimum atomic E-state index is 0.347. The van der Waals surface area contributed by atoms with Crippen LogP contribution in [-0.2, 0) is 0 Å². The lowest BCUT2D eigenvalue weighted by atomic mass is 10.0. The van der Waals surface area contributed by atoms with Crippen molar-refractivity contribution in [3.05, 3.63) is 18.1 Å². The highest BCUT2D eigenvalue weighted by molar-refractivity contribution is 5.33. The van der Waals surface area contributed by atoms with Crippen LogP contribution < -0.4 is 5.32 Å². The van der Waals surface area contributed by atoms with Crippen LogP contribution in [0.4, 0.5) is 5.82 Å². The Bertz CT molecular complexity index is 352. The first-order chi connectivity index (χ1) is 7.65. The molecule has 4 nitrogen and oxygen atoms in total. The molecule has 0 saturated carbocycles. The molecule has 0 amide bonds. The van der Waals surface area contributed by atoms with E-state index in [1.54, 1.807) is 6.20 Å². The molecule has 2 atom stereocenters. The second-order valence-corrected chi connectivity index (χ2v) is 4.19. The summed E-state index contributed by atoms with van der Waals surface area (Å²) < 4.78 is 0. The fourth-order valence-electron chi connectivity index (χ4n) is 1.54. The van der Waals surface area contributed by atoms with Gasteiger partial charge in [0.25, 0.3) is 0 Å². The number of anilines is 1. The minimum absolute atomic E-state index is 0.347. The van der Waals surface area contributed by atoms with Crippen LogP contribution in [0.15, 0.2) is 12.4 Å². The zero-order chi connectivity index (χ0) is 12.0. The maximum absolute atomic E-state index is 8.59. The normalized spacial score (nSPS) is 13.9. The van der Waals surface area contributed by atoms with E-state index in [2.05, 4.69) is 36.1 Å². The highest BCUT2D eigenvalue weighted by Crippen LogP contribution is 2.12. The van der Waals surface area contributed by atoms with Crippen LogP contribution in [0.3, 0.4) is 0 Å². The van der Waals surface area contributed by atoms with Crippen molar-refractivity contribution in [3.63, 3.8) is 0 Å². The Kier molecular flexibility index (Phi) is 4.71. The van der Waals surface area contributed by atoms with Crippen LogP contribution in [-0.4, -0.2) is 16.0 Å². The third-order valence-electron chi connectivity index (χ3n) is 2.61. The maximum Gasteiger partial charge on any atom is 0.158 e. The number of aromatic nitrogens is 2. The number of nitrogens with zero attached hydrogens (tertiary/aromatic N) is 3. The number of hydrogen-bond acceptors (Lipinski definition) is 4. The van der Waals surface area contributed by atoms with Gasteiger partial charge in [-0.25, -0.2) is 9.97 Å². The van der Waals surface area contributed by atoms with Gasteiger partial charge in [-0.2, -0.15) is 5.26 Å². The molecule has 4 heteroatoms. The average Bonchev–Trinajstić information content (AvgIpc) is 2.29. The van der Waals surface area contributed by atoms with Crippen LogP contribution >= 0.6 is 0 Å². The van der Waals surface area contributed by atoms with E-state index in [0.717, 1.165) is 12.2 Å². The molecule has 1 N–H and O–H groups in total. The molecular weight excluding hydrogens is 200 g/mol. The summed E-state index contributed by atoms with van der Waals surface area (Å²) in [7, 11) is 0. The Morgan fingerprint density at radius 3 is 2.62 bits per heavy atom. The largest absolute Gasteiger partial charge is 0.366 e. The maximum atomic E-state index is 8.59. The first-order valence-electron chi connectivity index (χ1n) is 5.64. The summed E-state index contributed by atoms with van der Waals surface area (Å²) in [4.78, 5) is 8.09. The zero-order valence-corrected chi connectivity index (χ0v) is 10.1. The molecule has 86 valence electrons. The Morgan fingerprint density at radius 2 is 2.12 bits per heavy atom. The molecule has 0 aliphatic rings. The average molecular weight is 218 g/mol. The Hall–Kier alpha value is -1.63. The Balaban J connectivity index is 2.50. The third-order valence-corrected chi connectivity index (χ3v) is 2.61. The van der Waals surface area contributed by atoms with Crippen molar-refractivity contribution >= 4 is 5.82 Å². The Labute approximate surface area is 96.7 Å². The molecule has 0 aromatic carbocycles. The fraction of sp³-hybridized carbons (Fsp3) is 0.583. The number of nitriles is 1. The van der Waals surface area contributed by atoms with Crippen LogP contribution in [0.1, 0.15) is 39.3 Å². The van der Waals surface area contributed by atoms with E-state index in [0.29, 0.717) is 17.7 Å². The zero-order valence-electron chi connectivity index (χ0n) is 10.1. The van der Waals surface area contributed by atoms with Gasteiger partial charge < -0.3 is 5.32 Å². The first kappa shape index (κ1) is 12.4. The van der Waals surface area contributed by atoms with Crippen LogP contribution in [0, 0.1) is 17.2 Å². The molecule has 0 spiro atoms. The standard InChI is InChI=1S/C12H18N4/c1-4-9(2)5-10(3)16-12-8-14-11(6-13)7-15-12/h7-10H,4-5H2,1-3H3,(H,15,16). The van der Waals surface area contributed by atoms with Crippen molar-refractivity contribution in [1.29, 1.82) is 5.26 Å². The predicted octanol–water partition coefficient (Wildman–Crippen LogP) is 2.58. The van der Waals surface area contributed by atoms with Crippen LogP contribution in [0.5, 0.6) is 0 Å². The van der Waals surface area contributed by atoms with E-state index in [4.69, 9.17) is 5.26 Å². The van der Waals surface area contributed by atoms with Crippen molar-refractivity contribution in [3.8, 4) is 6.07 Å². The molecular formula is C12H18N4. The van der Waals surface area contributed by atoms with Gasteiger partial charge in [-0.15, -0.1) is 0 Å². The highest BCUT2D eigenvalue weighted by Gasteiger charge is 2.07. The van der Waals surface area contributed by atoms with Crippen molar-refractivity contribution in [1.82, 2.24) is 9.97 Å². The molecule has 2 unspecified atom stereocenters. The fourth-order valence-corrected chi connectivity index (χ4v) is 1.54. The lowest BCUT2D eigenvalue weighted by molar-refractivity contribution is 0.483. The summed E-state index contributed by atoms with van der Waals surface area (Å²) in [6.45, 7) is 6.56. The molecule has 0 radical (unpaired) electrons. The van der Waals surface area contributed by atoms with Crippen molar-refractivity contribution in [2.45, 2.75) is 39.7 Å². The Morgan fingerprint density at radius 1 is 1.38 bits per heavy atom. The van der Waals surface area contributed by atoms with E-state index in [1.165, 1.54) is 12.6 Å². The molecule has 0 saturated heterocycles. The molecule has 1 heterocycles. The predicted molar refractivity (Wildman–Crippen MR) is 63.9 cm³/mol. The summed E-state index contributed by atoms with van der Waals surface area (Å²) in [6.07, 6.45) is 5.38. The van der Waals surface area contributed by atoms with Gasteiger partial charge in [0.15, 0.2) is 5.69 Å². The lowest BCUT2D eigenvalue weighted by Gasteiger charge is -2.17. The van der Waals surface area contributed by atoms with E-state index in [1.807, 2.05) is 6.07 Å². The van der Waals surface area contributed by atoms with Gasteiger partial charge in [-0.05, 0) is 19.3 Å². The van der Waals surface area contributed by atoms with Gasteiger partial charge >= 0.3 is 0 Å². The minimum Gasteiger partial charge on any atom is -0.366 e. The topological polar surface area (TPSA) is 61.6 Å². The van der Waals surface area contributed by atoms with Gasteiger partial charge in [-0.3, -0.25) is 0 Å². The van der Waals surface area contributed by atoms with Gasteiger partial charge in [0, 0.05) is 6.04 Å². The smallest absolute Gasteiger partial charge is 0.158 e. The summed E-state index contributed by atoms with van der Waals surface area (Å²) >= 11 is 0. The second-order valence-electron chi connectivity index (χ2n) is 4.19. The number of rotatable bonds is 5. The highest BCUT2D eigenvalue weighted by atomic mass is 15.0. The van der Waals surface area contributed by atoms with E-state index < -0.39 is 0 Å². The molecule has 1 rings (SSSR count). The molecule has 0 aliphatic heterocycles. The molecule has 1 aromatic heterocycles. The van der Waals surface area contributed by atoms with Gasteiger partial charge in [-0.1, -0.05) is 20.3 Å². The molecule has 16 heavy (non-hydrogen) atoms. The number of nitrogens with one attached hydrogen (secondary N) is 1. The number of hydrogen-bond donors (Lipinski definition) is 1. The summed E-state index contributed by atoms with van der Waals surface area (Å²) in [5.74, 6) is 1.43. The quantitative estimate of drug-likeness (QED) is 0.825. The molecule has 0 aliphatic carbocycles.